The van der Waals surface area contributed by atoms with Crippen LogP contribution < -0.4 is 0 Å². The molecule has 0 bridgehead atoms. The topological polar surface area (TPSA) is 24.7 Å². The van der Waals surface area contributed by atoms with Crippen molar-refractivity contribution in [1.29, 1.82) is 0 Å². The molecule has 0 radical (unpaired) electrons. The molecule has 0 aliphatic rings. The van der Waals surface area contributed by atoms with Gasteiger partial charge in [-0.2, -0.15) is 0 Å². The van der Waals surface area contributed by atoms with Crippen LogP contribution in [0.1, 0.15) is 527 Å². The van der Waals surface area contributed by atoms with Crippen molar-refractivity contribution in [2.24, 2.45) is 9.98 Å². The van der Waals surface area contributed by atoms with Crippen molar-refractivity contribution in [3.8, 4) is 0 Å². The largest absolute Gasteiger partial charge is 2.00 e. The summed E-state index contributed by atoms with van der Waals surface area (Å²) in [5.41, 5.74) is 7.30. The summed E-state index contributed by atoms with van der Waals surface area (Å²) in [5, 5.41) is 0. The Hall–Kier alpha value is -2.51. The number of unbranched alkanes of at least 4 members (excludes halogenated alkanes) is 69. The minimum Gasteiger partial charge on any atom is -0.251 e. The zero-order chi connectivity index (χ0) is 73.9. The van der Waals surface area contributed by atoms with Crippen LogP contribution in [0, 0.1) is 0 Å². The monoisotopic (exact) mass is 1490 g/mol. The molecule has 105 heavy (non-hydrogen) atoms. The Morgan fingerprint density at radius 1 is 0.219 bits per heavy atom. The molecule has 608 valence electrons. The molecule has 3 heteroatoms. The van der Waals surface area contributed by atoms with Gasteiger partial charge in [0.1, 0.15) is 0 Å². The summed E-state index contributed by atoms with van der Waals surface area (Å²) in [7, 11) is 0. The molecule has 0 spiro atoms. The van der Waals surface area contributed by atoms with E-state index in [0.717, 1.165) is 74.9 Å². The van der Waals surface area contributed by atoms with E-state index in [1.807, 2.05) is 0 Å². The van der Waals surface area contributed by atoms with E-state index >= 15 is 0 Å². The van der Waals surface area contributed by atoms with Crippen molar-refractivity contribution in [3.05, 3.63) is 96.1 Å². The molecular weight excluding hydrogens is 1310 g/mol. The maximum Gasteiger partial charge on any atom is 2.00 e. The second kappa shape index (κ2) is 85.5. The first-order valence-corrected chi connectivity index (χ1v) is 48.0. The third-order valence-electron chi connectivity index (χ3n) is 23.0. The number of hydrogen-bond donors (Lipinski definition) is 0. The van der Waals surface area contributed by atoms with E-state index in [1.54, 1.807) is 0 Å². The zero-order valence-electron chi connectivity index (χ0n) is 71.4. The van der Waals surface area contributed by atoms with Gasteiger partial charge in [-0.3, -0.25) is 4.99 Å². The number of rotatable bonds is 84. The van der Waals surface area contributed by atoms with Crippen LogP contribution >= 0.6 is 0 Å². The standard InChI is InChI=1S/C102H182N2.Ni/c1-5-9-13-17-21-24-27-30-33-36-39-42-45-47-49-51-53-56-59-62-65-68-71-74-77-81-89-97-91-85-87-93-99(97)103-101(95-83-79-20-16-12-8-4)102(96-84-80-76-73-70-67-64-61-58-55-44-41-38-35-32-29-26-23-19-15-11-7-3)104-100-94-88-86-92-98(100)90-82-78-75-72-69-66-63-60-57-54-52-50-48-46-43-40-37-34-31-28-25-22-18-14-10-6-2;/h71-72,74-75,84-88,91-94,96H,5-70,73,76-83,89-90,95H2,1-4H3;/q;+2/b74-71+,75-72+,96-84+,103-101?,104-102?;. The Morgan fingerprint density at radius 3 is 0.676 bits per heavy atom. The van der Waals surface area contributed by atoms with Gasteiger partial charge >= 0.3 is 16.5 Å². The van der Waals surface area contributed by atoms with Gasteiger partial charge in [-0.25, -0.2) is 4.99 Å². The maximum atomic E-state index is 5.71. The third-order valence-corrected chi connectivity index (χ3v) is 23.0. The third kappa shape index (κ3) is 70.4. The number of hydrogen-bond acceptors (Lipinski definition) is 2. The van der Waals surface area contributed by atoms with Crippen LogP contribution in [0.4, 0.5) is 11.4 Å². The Morgan fingerprint density at radius 2 is 0.419 bits per heavy atom. The zero-order valence-corrected chi connectivity index (χ0v) is 72.4. The molecule has 0 aliphatic heterocycles. The minimum absolute atomic E-state index is 0. The summed E-state index contributed by atoms with van der Waals surface area (Å²) in [6, 6.07) is 18.2. The number of benzene rings is 2. The number of aryl methyl sites for hydroxylation is 2. The molecule has 0 fully saturated rings. The first-order chi connectivity index (χ1) is 51.7. The van der Waals surface area contributed by atoms with Gasteiger partial charge in [0.2, 0.25) is 0 Å². The first kappa shape index (κ1) is 101. The van der Waals surface area contributed by atoms with Crippen molar-refractivity contribution in [2.75, 3.05) is 0 Å². The molecule has 0 N–H and O–H groups in total. The van der Waals surface area contributed by atoms with Gasteiger partial charge in [0.05, 0.1) is 22.8 Å². The molecule has 0 saturated heterocycles. The number of nitrogens with zero attached hydrogens (tertiary/aromatic N) is 2. The molecule has 0 saturated carbocycles. The van der Waals surface area contributed by atoms with Crippen molar-refractivity contribution in [1.82, 2.24) is 0 Å². The molecular formula is C102H182N2Ni+2. The van der Waals surface area contributed by atoms with Crippen LogP contribution in [0.5, 0.6) is 0 Å². The van der Waals surface area contributed by atoms with E-state index < -0.39 is 0 Å². The summed E-state index contributed by atoms with van der Waals surface area (Å²) in [6.07, 6.45) is 123. The summed E-state index contributed by atoms with van der Waals surface area (Å²) < 4.78 is 0. The molecule has 0 amide bonds. The second-order valence-electron chi connectivity index (χ2n) is 33.2. The number of aliphatic imine (C=N–C) groups is 2. The summed E-state index contributed by atoms with van der Waals surface area (Å²) >= 11 is 0. The molecule has 0 heterocycles. The van der Waals surface area contributed by atoms with E-state index in [4.69, 9.17) is 9.98 Å². The van der Waals surface area contributed by atoms with Crippen LogP contribution in [0.15, 0.2) is 95.0 Å². The van der Waals surface area contributed by atoms with Crippen LogP contribution in [0.25, 0.3) is 0 Å². The van der Waals surface area contributed by atoms with Gasteiger partial charge in [0.15, 0.2) is 0 Å². The van der Waals surface area contributed by atoms with E-state index in [2.05, 4.69) is 113 Å². The van der Waals surface area contributed by atoms with Gasteiger partial charge in [0.25, 0.3) is 0 Å². The van der Waals surface area contributed by atoms with E-state index in [0.29, 0.717) is 0 Å². The van der Waals surface area contributed by atoms with Crippen LogP contribution in [-0.2, 0) is 29.3 Å². The van der Waals surface area contributed by atoms with Crippen LogP contribution in [0.2, 0.25) is 0 Å². The average Bonchev–Trinajstić information content (AvgIpc) is 0.853. The van der Waals surface area contributed by atoms with E-state index in [9.17, 15) is 0 Å². The van der Waals surface area contributed by atoms with E-state index in [-0.39, 0.29) is 16.5 Å². The van der Waals surface area contributed by atoms with Gasteiger partial charge < -0.3 is 0 Å². The predicted molar refractivity (Wildman–Crippen MR) is 475 cm³/mol. The van der Waals surface area contributed by atoms with E-state index in [1.165, 1.54) is 460 Å². The molecule has 0 aliphatic carbocycles. The Bertz CT molecular complexity index is 2180. The number of allylic oxidation sites excluding steroid dienone is 6. The normalized spacial score (nSPS) is 12.2. The molecule has 2 aromatic carbocycles. The maximum absolute atomic E-state index is 5.71. The molecule has 0 aromatic heterocycles. The Balaban J connectivity index is 0.0000551. The molecule has 0 unspecified atom stereocenters. The van der Waals surface area contributed by atoms with Gasteiger partial charge in [0, 0.05) is 0 Å². The van der Waals surface area contributed by atoms with Gasteiger partial charge in [-0.15, -0.1) is 0 Å². The van der Waals surface area contributed by atoms with Crippen LogP contribution in [0.3, 0.4) is 0 Å². The Kier molecular flexibility index (Phi) is 81.8. The molecule has 2 rings (SSSR count). The van der Waals surface area contributed by atoms with Gasteiger partial charge in [-0.1, -0.05) is 505 Å². The summed E-state index contributed by atoms with van der Waals surface area (Å²) in [6.45, 7) is 9.28. The fourth-order valence-electron chi connectivity index (χ4n) is 15.8. The molecule has 2 nitrogen and oxygen atoms in total. The van der Waals surface area contributed by atoms with Crippen molar-refractivity contribution in [2.45, 2.75) is 529 Å². The number of para-hydroxylation sites is 2. The Labute approximate surface area is 669 Å². The fraction of sp³-hybridized carbons (Fsp3) is 0.804. The molecule has 2 aromatic rings. The van der Waals surface area contributed by atoms with Crippen molar-refractivity contribution >= 4 is 22.8 Å². The SMILES string of the molecule is CCCCCCCCCCCCCCCCCCCCCC/C=C/C(=Nc1ccccc1CCC/C=C/CCCCCCCCCCCCCCCCCCCCCCC)C(CCCCCCCC)=Nc1ccccc1CCC/C=C/CCCCCCCCCCCCCCCCCCCCCCC.[Ni+2]. The summed E-state index contributed by atoms with van der Waals surface area (Å²) in [5.74, 6) is 0. The van der Waals surface area contributed by atoms with Crippen LogP contribution in [-0.4, -0.2) is 11.4 Å². The minimum atomic E-state index is 0. The second-order valence-corrected chi connectivity index (χ2v) is 33.2. The first-order valence-electron chi connectivity index (χ1n) is 48.0. The van der Waals surface area contributed by atoms with Crippen molar-refractivity contribution < 1.29 is 16.5 Å². The fourth-order valence-corrected chi connectivity index (χ4v) is 15.8. The quantitative estimate of drug-likeness (QED) is 0.0273. The van der Waals surface area contributed by atoms with Crippen molar-refractivity contribution in [3.63, 3.8) is 0 Å². The van der Waals surface area contributed by atoms with Gasteiger partial charge in [-0.05, 0) is 119 Å². The molecule has 0 atom stereocenters. The summed E-state index contributed by atoms with van der Waals surface area (Å²) in [4.78, 5) is 11.4. The average molecular weight is 1500 g/mol. The smallest absolute Gasteiger partial charge is 0.251 e. The predicted octanol–water partition coefficient (Wildman–Crippen LogP) is 37.0.